The number of aliphatic hydroxyl groups is 2. The molecule has 0 saturated carbocycles. The Morgan fingerprint density at radius 1 is 0.325 bits per heavy atom. The molecule has 3 N–H and O–H groups in total. The Balaban J connectivity index is 3.29. The predicted molar refractivity (Wildman–Crippen MR) is 366 cm³/mol. The molecule has 0 heterocycles. The quantitative estimate of drug-likeness (QED) is 0.0320. The van der Waals surface area contributed by atoms with Crippen LogP contribution in [-0.4, -0.2) is 47.4 Å². The molecule has 2 atom stereocenters. The van der Waals surface area contributed by atoms with Crippen LogP contribution in [0.1, 0.15) is 431 Å². The molecule has 0 aromatic rings. The normalized spacial score (nSPS) is 12.6. The molecule has 0 rings (SSSR count). The second-order valence-electron chi connectivity index (χ2n) is 26.3. The lowest BCUT2D eigenvalue weighted by molar-refractivity contribution is -0.143. The Bertz CT molecular complexity index is 1300. The van der Waals surface area contributed by atoms with Gasteiger partial charge in [0, 0.05) is 12.8 Å². The average Bonchev–Trinajstić information content (AvgIpc) is 3.48. The van der Waals surface area contributed by atoms with Gasteiger partial charge in [0.1, 0.15) is 0 Å². The van der Waals surface area contributed by atoms with Gasteiger partial charge >= 0.3 is 5.97 Å². The van der Waals surface area contributed by atoms with E-state index in [1.807, 2.05) is 6.08 Å². The Labute approximate surface area is 520 Å². The molecule has 1 amide bonds. The lowest BCUT2D eigenvalue weighted by atomic mass is 10.0. The van der Waals surface area contributed by atoms with Gasteiger partial charge in [-0.05, 0) is 57.8 Å². The van der Waals surface area contributed by atoms with Crippen LogP contribution in [0.4, 0.5) is 0 Å². The Kier molecular flexibility index (Phi) is 71.4. The lowest BCUT2D eigenvalue weighted by Crippen LogP contribution is -2.45. The summed E-state index contributed by atoms with van der Waals surface area (Å²) < 4.78 is 5.52. The minimum Gasteiger partial charge on any atom is -0.466 e. The number of esters is 1. The van der Waals surface area contributed by atoms with Crippen molar-refractivity contribution in [3.63, 3.8) is 0 Å². The number of aliphatic hydroxyl groups excluding tert-OH is 2. The zero-order valence-electron chi connectivity index (χ0n) is 56.5. The molecule has 0 aliphatic rings. The van der Waals surface area contributed by atoms with Crippen LogP contribution in [0.15, 0.2) is 24.3 Å². The molecule has 83 heavy (non-hydrogen) atoms. The first kappa shape index (κ1) is 81.3. The second kappa shape index (κ2) is 72.8. The van der Waals surface area contributed by atoms with Gasteiger partial charge in [0.2, 0.25) is 5.91 Å². The van der Waals surface area contributed by atoms with Crippen molar-refractivity contribution in [3.8, 4) is 0 Å². The Hall–Kier alpha value is -1.66. The third kappa shape index (κ3) is 69.3. The van der Waals surface area contributed by atoms with Crippen LogP contribution in [0.3, 0.4) is 0 Å². The van der Waals surface area contributed by atoms with E-state index in [9.17, 15) is 19.8 Å². The molecule has 0 aliphatic heterocycles. The number of nitrogens with one attached hydrogen (secondary N) is 1. The number of ether oxygens (including phenoxy) is 1. The first-order chi connectivity index (χ1) is 41.0. The van der Waals surface area contributed by atoms with E-state index in [0.717, 1.165) is 38.5 Å². The summed E-state index contributed by atoms with van der Waals surface area (Å²) in [6.07, 6.45) is 93.1. The summed E-state index contributed by atoms with van der Waals surface area (Å²) in [4.78, 5) is 24.6. The molecular formula is C77H149NO5. The molecule has 0 aromatic heterocycles. The molecule has 0 saturated heterocycles. The van der Waals surface area contributed by atoms with Crippen LogP contribution in [0, 0.1) is 0 Å². The highest BCUT2D eigenvalue weighted by atomic mass is 16.5. The van der Waals surface area contributed by atoms with Crippen LogP contribution in [-0.2, 0) is 14.3 Å². The predicted octanol–water partition coefficient (Wildman–Crippen LogP) is 24.9. The Morgan fingerprint density at radius 3 is 0.855 bits per heavy atom. The number of carbonyl (C=O) groups excluding carboxylic acids is 2. The Morgan fingerprint density at radius 2 is 0.566 bits per heavy atom. The molecule has 6 heteroatoms. The summed E-state index contributed by atoms with van der Waals surface area (Å²) >= 11 is 0. The monoisotopic (exact) mass is 1170 g/mol. The van der Waals surface area contributed by atoms with Gasteiger partial charge in [-0.2, -0.15) is 0 Å². The van der Waals surface area contributed by atoms with Gasteiger partial charge in [0.25, 0.3) is 0 Å². The van der Waals surface area contributed by atoms with Crippen molar-refractivity contribution in [1.82, 2.24) is 5.32 Å². The fraction of sp³-hybridized carbons (Fsp3) is 0.922. The first-order valence-corrected chi connectivity index (χ1v) is 38.1. The lowest BCUT2D eigenvalue weighted by Gasteiger charge is -2.20. The number of rotatable bonds is 72. The first-order valence-electron chi connectivity index (χ1n) is 38.1. The van der Waals surface area contributed by atoms with Crippen LogP contribution in [0.2, 0.25) is 0 Å². The minimum absolute atomic E-state index is 0.0268. The molecule has 0 aliphatic carbocycles. The van der Waals surface area contributed by atoms with Crippen molar-refractivity contribution >= 4 is 11.9 Å². The summed E-state index contributed by atoms with van der Waals surface area (Å²) in [5.74, 6) is -0.0372. The van der Waals surface area contributed by atoms with Crippen molar-refractivity contribution in [1.29, 1.82) is 0 Å². The third-order valence-corrected chi connectivity index (χ3v) is 18.0. The number of allylic oxidation sites excluding steroid dienone is 3. The summed E-state index contributed by atoms with van der Waals surface area (Å²) in [5, 5.41) is 23.0. The van der Waals surface area contributed by atoms with E-state index in [-0.39, 0.29) is 18.5 Å². The summed E-state index contributed by atoms with van der Waals surface area (Å²) in [6, 6.07) is -0.623. The maximum Gasteiger partial charge on any atom is 0.305 e. The maximum absolute atomic E-state index is 12.4. The number of hydrogen-bond donors (Lipinski definition) is 3. The highest BCUT2D eigenvalue weighted by Gasteiger charge is 2.18. The van der Waals surface area contributed by atoms with Gasteiger partial charge in [-0.1, -0.05) is 385 Å². The van der Waals surface area contributed by atoms with E-state index in [4.69, 9.17) is 4.74 Å². The zero-order valence-corrected chi connectivity index (χ0v) is 56.5. The number of unbranched alkanes of at least 4 members (excludes halogenated alkanes) is 59. The van der Waals surface area contributed by atoms with E-state index in [2.05, 4.69) is 31.3 Å². The van der Waals surface area contributed by atoms with Gasteiger partial charge in [0.15, 0.2) is 0 Å². The topological polar surface area (TPSA) is 95.9 Å². The molecule has 6 nitrogen and oxygen atoms in total. The zero-order chi connectivity index (χ0) is 59.9. The van der Waals surface area contributed by atoms with E-state index < -0.39 is 12.1 Å². The second-order valence-corrected chi connectivity index (χ2v) is 26.3. The largest absolute Gasteiger partial charge is 0.466 e. The molecule has 0 radical (unpaired) electrons. The average molecular weight is 1170 g/mol. The molecule has 492 valence electrons. The highest BCUT2D eigenvalue weighted by molar-refractivity contribution is 5.76. The molecular weight excluding hydrogens is 1020 g/mol. The van der Waals surface area contributed by atoms with E-state index >= 15 is 0 Å². The summed E-state index contributed by atoms with van der Waals surface area (Å²) in [6.45, 7) is 4.93. The minimum atomic E-state index is -0.839. The van der Waals surface area contributed by atoms with Gasteiger partial charge < -0.3 is 20.3 Å². The van der Waals surface area contributed by atoms with Crippen molar-refractivity contribution in [3.05, 3.63) is 24.3 Å². The van der Waals surface area contributed by atoms with Crippen LogP contribution >= 0.6 is 0 Å². The van der Waals surface area contributed by atoms with Crippen molar-refractivity contribution in [2.24, 2.45) is 0 Å². The van der Waals surface area contributed by atoms with Crippen LogP contribution in [0.5, 0.6) is 0 Å². The van der Waals surface area contributed by atoms with Gasteiger partial charge in [-0.25, -0.2) is 0 Å². The maximum atomic E-state index is 12.4. The smallest absolute Gasteiger partial charge is 0.305 e. The standard InChI is InChI=1S/C77H149NO5/c1-3-5-7-9-11-13-15-16-17-18-38-42-45-48-51-55-59-63-67-71-77(82)83-72-68-64-60-56-52-49-46-43-40-37-35-33-31-29-27-25-23-21-19-20-22-24-26-28-30-32-34-36-39-41-44-47-50-54-58-62-66-70-76(81)78-74(73-79)75(80)69-65-61-57-53-14-12-10-8-6-4-2/h19,21,65,69,74-75,79-80H,3-18,20,22-64,66-68,70-73H2,1-2H3,(H,78,81)/b21-19-,69-65+. The van der Waals surface area contributed by atoms with Crippen LogP contribution in [0.25, 0.3) is 0 Å². The summed E-state index contributed by atoms with van der Waals surface area (Å²) in [7, 11) is 0. The molecule has 0 fully saturated rings. The number of amides is 1. The van der Waals surface area contributed by atoms with Gasteiger partial charge in [0.05, 0.1) is 25.4 Å². The molecule has 2 unspecified atom stereocenters. The third-order valence-electron chi connectivity index (χ3n) is 18.0. The number of hydrogen-bond acceptors (Lipinski definition) is 5. The van der Waals surface area contributed by atoms with Crippen molar-refractivity contribution < 1.29 is 24.5 Å². The van der Waals surface area contributed by atoms with Gasteiger partial charge in [-0.15, -0.1) is 0 Å². The van der Waals surface area contributed by atoms with E-state index in [0.29, 0.717) is 19.4 Å². The van der Waals surface area contributed by atoms with Crippen molar-refractivity contribution in [2.45, 2.75) is 443 Å². The molecule has 0 aromatic carbocycles. The van der Waals surface area contributed by atoms with Gasteiger partial charge in [-0.3, -0.25) is 9.59 Å². The fourth-order valence-corrected chi connectivity index (χ4v) is 12.2. The van der Waals surface area contributed by atoms with Crippen molar-refractivity contribution in [2.75, 3.05) is 13.2 Å². The fourth-order valence-electron chi connectivity index (χ4n) is 12.2. The van der Waals surface area contributed by atoms with Crippen LogP contribution < -0.4 is 5.32 Å². The SMILES string of the molecule is CCCCCCCCCC/C=C/C(O)C(CO)NC(=O)CCCCCCCCCCCCCCCCCCC/C=C\CCCCCCCCCCCCCCCCCCOC(=O)CCCCCCCCCCCCCCCCCCCCC. The van der Waals surface area contributed by atoms with E-state index in [1.165, 1.54) is 366 Å². The molecule has 0 bridgehead atoms. The summed E-state index contributed by atoms with van der Waals surface area (Å²) in [5.41, 5.74) is 0. The highest BCUT2D eigenvalue weighted by Crippen LogP contribution is 2.19. The molecule has 0 spiro atoms. The number of carbonyl (C=O) groups is 2. The van der Waals surface area contributed by atoms with E-state index in [1.54, 1.807) is 6.08 Å².